The average Bonchev–Trinajstić information content (AvgIpc) is 3.17. The van der Waals surface area contributed by atoms with Gasteiger partial charge in [0.1, 0.15) is 5.58 Å². The molecule has 1 saturated heterocycles. The molecule has 162 valence electrons. The maximum absolute atomic E-state index is 12.9. The van der Waals surface area contributed by atoms with E-state index in [1.54, 1.807) is 6.07 Å². The second-order valence-electron chi connectivity index (χ2n) is 9.85. The van der Waals surface area contributed by atoms with Gasteiger partial charge in [0.2, 0.25) is 5.76 Å². The van der Waals surface area contributed by atoms with Crippen molar-refractivity contribution < 1.29 is 23.5 Å². The lowest BCUT2D eigenvalue weighted by molar-refractivity contribution is -0.135. The lowest BCUT2D eigenvalue weighted by Crippen LogP contribution is -2.39. The average molecular weight is 414 g/mol. The van der Waals surface area contributed by atoms with E-state index in [-0.39, 0.29) is 41.8 Å². The van der Waals surface area contributed by atoms with Gasteiger partial charge in [-0.1, -0.05) is 39.0 Å². The molecule has 30 heavy (non-hydrogen) atoms. The van der Waals surface area contributed by atoms with E-state index in [1.165, 1.54) is 0 Å². The number of ether oxygens (including phenoxy) is 2. The number of hydrogen-bond donors (Lipinski definition) is 0. The van der Waals surface area contributed by atoms with Gasteiger partial charge >= 0.3 is 5.97 Å². The normalized spacial score (nSPS) is 24.9. The van der Waals surface area contributed by atoms with Crippen molar-refractivity contribution in [2.75, 3.05) is 19.8 Å². The standard InChI is InChI=1S/C24H31NO5/c1-5-28-12-18-17-8-6-7-9-19(17)30-21(18)22(27)29-13-20(26)25-15-24(4)11-16(25)10-23(2,3)14-24/h6-9,16H,5,10-15H2,1-4H3/t16-,24+/m1/s1. The van der Waals surface area contributed by atoms with Crippen molar-refractivity contribution in [3.05, 3.63) is 35.6 Å². The zero-order valence-corrected chi connectivity index (χ0v) is 18.3. The van der Waals surface area contributed by atoms with E-state index in [1.807, 2.05) is 30.0 Å². The predicted molar refractivity (Wildman–Crippen MR) is 113 cm³/mol. The molecule has 2 atom stereocenters. The van der Waals surface area contributed by atoms with Crippen LogP contribution in [0.25, 0.3) is 11.0 Å². The predicted octanol–water partition coefficient (Wildman–Crippen LogP) is 4.55. The third kappa shape index (κ3) is 3.97. The van der Waals surface area contributed by atoms with Gasteiger partial charge in [-0.25, -0.2) is 4.79 Å². The minimum atomic E-state index is -0.622. The number of esters is 1. The molecule has 4 rings (SSSR count). The third-order valence-electron chi connectivity index (χ3n) is 6.40. The molecule has 6 nitrogen and oxygen atoms in total. The lowest BCUT2D eigenvalue weighted by Gasteiger charge is -2.39. The molecule has 1 aromatic carbocycles. The summed E-state index contributed by atoms with van der Waals surface area (Å²) >= 11 is 0. The van der Waals surface area contributed by atoms with Gasteiger partial charge in [0, 0.05) is 30.1 Å². The fraction of sp³-hybridized carbons (Fsp3) is 0.583. The maximum Gasteiger partial charge on any atom is 0.375 e. The number of para-hydroxylation sites is 1. The second kappa shape index (κ2) is 7.73. The largest absolute Gasteiger partial charge is 0.450 e. The molecule has 1 saturated carbocycles. The molecular formula is C24H31NO5. The van der Waals surface area contributed by atoms with Crippen LogP contribution in [0.3, 0.4) is 0 Å². The molecule has 0 spiro atoms. The topological polar surface area (TPSA) is 69.0 Å². The summed E-state index contributed by atoms with van der Waals surface area (Å²) in [6, 6.07) is 7.66. The number of likely N-dealkylation sites (tertiary alicyclic amines) is 1. The summed E-state index contributed by atoms with van der Waals surface area (Å²) in [5, 5.41) is 0.827. The number of rotatable bonds is 6. The molecule has 1 aliphatic heterocycles. The number of carbonyl (C=O) groups excluding carboxylic acids is 2. The minimum Gasteiger partial charge on any atom is -0.450 e. The molecule has 2 heterocycles. The molecule has 1 aromatic heterocycles. The minimum absolute atomic E-state index is 0.116. The Labute approximate surface area is 177 Å². The van der Waals surface area contributed by atoms with Crippen molar-refractivity contribution in [1.29, 1.82) is 0 Å². The number of benzene rings is 1. The number of furan rings is 1. The molecule has 0 N–H and O–H groups in total. The second-order valence-corrected chi connectivity index (χ2v) is 9.85. The molecule has 2 aliphatic rings. The maximum atomic E-state index is 12.9. The van der Waals surface area contributed by atoms with Gasteiger partial charge in [-0.15, -0.1) is 0 Å². The molecule has 1 aliphatic carbocycles. The number of amides is 1. The van der Waals surface area contributed by atoms with Crippen LogP contribution in [0, 0.1) is 10.8 Å². The quantitative estimate of drug-likeness (QED) is 0.650. The first-order chi connectivity index (χ1) is 14.2. The molecular weight excluding hydrogens is 382 g/mol. The van der Waals surface area contributed by atoms with E-state index in [4.69, 9.17) is 13.9 Å². The van der Waals surface area contributed by atoms with Crippen molar-refractivity contribution >= 4 is 22.8 Å². The van der Waals surface area contributed by atoms with Crippen molar-refractivity contribution in [3.8, 4) is 0 Å². The van der Waals surface area contributed by atoms with Crippen molar-refractivity contribution in [2.24, 2.45) is 10.8 Å². The Balaban J connectivity index is 1.46. The zero-order chi connectivity index (χ0) is 21.5. The van der Waals surface area contributed by atoms with Crippen LogP contribution in [0.1, 0.15) is 63.1 Å². The summed E-state index contributed by atoms with van der Waals surface area (Å²) in [6.45, 7) is 9.95. The Morgan fingerprint density at radius 2 is 1.97 bits per heavy atom. The Bertz CT molecular complexity index is 962. The van der Waals surface area contributed by atoms with E-state index < -0.39 is 5.97 Å². The highest BCUT2D eigenvalue weighted by Crippen LogP contribution is 2.52. The molecule has 1 amide bonds. The highest BCUT2D eigenvalue weighted by Gasteiger charge is 2.51. The first kappa shape index (κ1) is 20.9. The molecule has 6 heteroatoms. The van der Waals surface area contributed by atoms with Crippen LogP contribution >= 0.6 is 0 Å². The highest BCUT2D eigenvalue weighted by atomic mass is 16.5. The number of carbonyl (C=O) groups is 2. The Morgan fingerprint density at radius 3 is 2.73 bits per heavy atom. The number of nitrogens with zero attached hydrogens (tertiary/aromatic N) is 1. The van der Waals surface area contributed by atoms with E-state index in [0.29, 0.717) is 17.8 Å². The lowest BCUT2D eigenvalue weighted by atomic mass is 9.65. The summed E-state index contributed by atoms with van der Waals surface area (Å²) in [4.78, 5) is 27.6. The van der Waals surface area contributed by atoms with Crippen LogP contribution in [0.2, 0.25) is 0 Å². The van der Waals surface area contributed by atoms with Crippen LogP contribution < -0.4 is 0 Å². The van der Waals surface area contributed by atoms with Crippen LogP contribution in [0.5, 0.6) is 0 Å². The monoisotopic (exact) mass is 413 g/mol. The molecule has 2 fully saturated rings. The zero-order valence-electron chi connectivity index (χ0n) is 18.3. The van der Waals surface area contributed by atoms with Crippen LogP contribution in [-0.4, -0.2) is 42.6 Å². The van der Waals surface area contributed by atoms with Crippen LogP contribution in [0.15, 0.2) is 28.7 Å². The number of fused-ring (bicyclic) bond motifs is 3. The Hall–Kier alpha value is -2.34. The summed E-state index contributed by atoms with van der Waals surface area (Å²) in [7, 11) is 0. The number of hydrogen-bond acceptors (Lipinski definition) is 5. The molecule has 0 unspecified atom stereocenters. The van der Waals surface area contributed by atoms with Crippen LogP contribution in [0.4, 0.5) is 0 Å². The Kier molecular flexibility index (Phi) is 5.39. The van der Waals surface area contributed by atoms with Gasteiger partial charge in [0.05, 0.1) is 6.61 Å². The fourth-order valence-corrected chi connectivity index (χ4v) is 5.64. The van der Waals surface area contributed by atoms with Gasteiger partial charge in [-0.05, 0) is 43.1 Å². The molecule has 2 bridgehead atoms. The Morgan fingerprint density at radius 1 is 1.20 bits per heavy atom. The smallest absolute Gasteiger partial charge is 0.375 e. The third-order valence-corrected chi connectivity index (χ3v) is 6.40. The first-order valence-corrected chi connectivity index (χ1v) is 10.8. The van der Waals surface area contributed by atoms with Crippen molar-refractivity contribution in [2.45, 2.75) is 59.6 Å². The van der Waals surface area contributed by atoms with Gasteiger partial charge < -0.3 is 18.8 Å². The van der Waals surface area contributed by atoms with E-state index in [9.17, 15) is 9.59 Å². The summed E-state index contributed by atoms with van der Waals surface area (Å²) in [5.74, 6) is -0.633. The van der Waals surface area contributed by atoms with Crippen LogP contribution in [-0.2, 0) is 20.9 Å². The van der Waals surface area contributed by atoms with E-state index in [0.717, 1.165) is 31.2 Å². The van der Waals surface area contributed by atoms with Gasteiger partial charge in [0.15, 0.2) is 6.61 Å². The van der Waals surface area contributed by atoms with Gasteiger partial charge in [-0.2, -0.15) is 0 Å². The van der Waals surface area contributed by atoms with Crippen molar-refractivity contribution in [1.82, 2.24) is 4.90 Å². The van der Waals surface area contributed by atoms with E-state index in [2.05, 4.69) is 20.8 Å². The SMILES string of the molecule is CCOCc1c(C(=O)OCC(=O)N2C[C@@]3(C)C[C@H]2CC(C)(C)C3)oc2ccccc12. The molecule has 0 radical (unpaired) electrons. The summed E-state index contributed by atoms with van der Waals surface area (Å²) < 4.78 is 16.7. The highest BCUT2D eigenvalue weighted by molar-refractivity contribution is 5.96. The fourth-order valence-electron chi connectivity index (χ4n) is 5.64. The summed E-state index contributed by atoms with van der Waals surface area (Å²) in [5.41, 5.74) is 1.64. The first-order valence-electron chi connectivity index (χ1n) is 10.8. The van der Waals surface area contributed by atoms with E-state index >= 15 is 0 Å². The van der Waals surface area contributed by atoms with Crippen molar-refractivity contribution in [3.63, 3.8) is 0 Å². The van der Waals surface area contributed by atoms with Gasteiger partial charge in [0.25, 0.3) is 5.91 Å². The summed E-state index contributed by atoms with van der Waals surface area (Å²) in [6.07, 6.45) is 3.13. The van der Waals surface area contributed by atoms with Gasteiger partial charge in [-0.3, -0.25) is 4.79 Å². The molecule has 2 aromatic rings.